The Labute approximate surface area is 232 Å². The number of nitrogens with zero attached hydrogens (tertiary/aromatic N) is 3. The molecule has 0 saturated heterocycles. The van der Waals surface area contributed by atoms with E-state index in [9.17, 15) is 9.59 Å². The van der Waals surface area contributed by atoms with E-state index in [-0.39, 0.29) is 12.2 Å². The Hall–Kier alpha value is -3.97. The van der Waals surface area contributed by atoms with Gasteiger partial charge in [-0.25, -0.2) is 9.79 Å². The number of benzene rings is 2. The number of carbonyl (C=O) groups is 1. The van der Waals surface area contributed by atoms with Gasteiger partial charge in [-0.3, -0.25) is 9.36 Å². The van der Waals surface area contributed by atoms with Gasteiger partial charge in [-0.2, -0.15) is 0 Å². The molecule has 200 valence electrons. The van der Waals surface area contributed by atoms with Crippen molar-refractivity contribution < 1.29 is 9.53 Å². The van der Waals surface area contributed by atoms with Crippen LogP contribution < -0.4 is 14.9 Å². The van der Waals surface area contributed by atoms with Gasteiger partial charge in [-0.15, -0.1) is 0 Å². The van der Waals surface area contributed by atoms with Crippen molar-refractivity contribution in [3.63, 3.8) is 0 Å². The van der Waals surface area contributed by atoms with Gasteiger partial charge in [0.2, 0.25) is 0 Å². The first-order valence-corrected chi connectivity index (χ1v) is 13.9. The Kier molecular flexibility index (Phi) is 7.03. The van der Waals surface area contributed by atoms with Crippen LogP contribution in [0.2, 0.25) is 0 Å². The lowest BCUT2D eigenvalue weighted by atomic mass is 9.95. The van der Waals surface area contributed by atoms with E-state index in [0.29, 0.717) is 20.6 Å². The Morgan fingerprint density at radius 2 is 1.72 bits per heavy atom. The quantitative estimate of drug-likeness (QED) is 0.330. The fourth-order valence-corrected chi connectivity index (χ4v) is 6.23. The van der Waals surface area contributed by atoms with E-state index in [4.69, 9.17) is 9.73 Å². The Bertz CT molecular complexity index is 1820. The van der Waals surface area contributed by atoms with E-state index in [1.54, 1.807) is 11.5 Å². The average Bonchev–Trinajstić information content (AvgIpc) is 3.35. The van der Waals surface area contributed by atoms with E-state index in [1.807, 2.05) is 44.2 Å². The van der Waals surface area contributed by atoms with Gasteiger partial charge < -0.3 is 9.30 Å². The third-order valence-corrected chi connectivity index (χ3v) is 8.40. The van der Waals surface area contributed by atoms with Crippen molar-refractivity contribution in [3.8, 4) is 5.69 Å². The number of carbonyl (C=O) groups excluding carboxylic acids is 1. The summed E-state index contributed by atoms with van der Waals surface area (Å²) in [4.78, 5) is 32.3. The average molecular weight is 540 g/mol. The molecule has 0 aliphatic carbocycles. The molecule has 2 aromatic heterocycles. The minimum Gasteiger partial charge on any atom is -0.463 e. The topological polar surface area (TPSA) is 65.6 Å². The highest BCUT2D eigenvalue weighted by Gasteiger charge is 2.33. The van der Waals surface area contributed by atoms with Gasteiger partial charge in [0.15, 0.2) is 4.80 Å². The maximum Gasteiger partial charge on any atom is 0.338 e. The summed E-state index contributed by atoms with van der Waals surface area (Å²) in [6.07, 6.45) is 1.94. The normalized spacial score (nSPS) is 15.4. The predicted octanol–water partition coefficient (Wildman–Crippen LogP) is 5.13. The van der Waals surface area contributed by atoms with Crippen LogP contribution in [0, 0.1) is 34.6 Å². The van der Waals surface area contributed by atoms with Crippen molar-refractivity contribution in [3.05, 3.63) is 119 Å². The number of hydrogen-bond donors (Lipinski definition) is 0. The van der Waals surface area contributed by atoms with E-state index >= 15 is 0 Å². The maximum atomic E-state index is 14.0. The van der Waals surface area contributed by atoms with E-state index in [1.165, 1.54) is 22.5 Å². The summed E-state index contributed by atoms with van der Waals surface area (Å²) in [5.41, 5.74) is 9.45. The lowest BCUT2D eigenvalue weighted by Crippen LogP contribution is -2.39. The van der Waals surface area contributed by atoms with Crippen molar-refractivity contribution in [2.45, 2.75) is 54.5 Å². The van der Waals surface area contributed by atoms with Gasteiger partial charge >= 0.3 is 5.97 Å². The van der Waals surface area contributed by atoms with Crippen LogP contribution in [0.4, 0.5) is 0 Å². The first-order chi connectivity index (χ1) is 18.6. The van der Waals surface area contributed by atoms with Crippen LogP contribution in [-0.4, -0.2) is 21.7 Å². The summed E-state index contributed by atoms with van der Waals surface area (Å²) < 4.78 is 9.83. The van der Waals surface area contributed by atoms with Crippen LogP contribution in [0.3, 0.4) is 0 Å². The summed E-state index contributed by atoms with van der Waals surface area (Å²) in [6, 6.07) is 15.9. The highest BCUT2D eigenvalue weighted by Crippen LogP contribution is 2.31. The van der Waals surface area contributed by atoms with Crippen molar-refractivity contribution in [2.24, 2.45) is 4.99 Å². The molecule has 0 amide bonds. The molecule has 1 atom stereocenters. The summed E-state index contributed by atoms with van der Waals surface area (Å²) in [5, 5.41) is 0. The molecule has 3 heterocycles. The molecule has 1 aliphatic heterocycles. The number of fused-ring (bicyclic) bond motifs is 1. The zero-order valence-electron chi connectivity index (χ0n) is 23.5. The summed E-state index contributed by atoms with van der Waals surface area (Å²) in [5.74, 6) is -0.449. The lowest BCUT2D eigenvalue weighted by Gasteiger charge is -2.24. The highest BCUT2D eigenvalue weighted by atomic mass is 32.1. The fraction of sp³-hybridized carbons (Fsp3) is 0.281. The van der Waals surface area contributed by atoms with Crippen LogP contribution in [0.5, 0.6) is 0 Å². The van der Waals surface area contributed by atoms with E-state index in [2.05, 4.69) is 56.5 Å². The summed E-state index contributed by atoms with van der Waals surface area (Å²) in [7, 11) is 0. The molecule has 7 heteroatoms. The lowest BCUT2D eigenvalue weighted by molar-refractivity contribution is -0.139. The maximum absolute atomic E-state index is 14.0. The molecule has 0 radical (unpaired) electrons. The van der Waals surface area contributed by atoms with Crippen LogP contribution in [0.1, 0.15) is 59.1 Å². The highest BCUT2D eigenvalue weighted by molar-refractivity contribution is 7.07. The van der Waals surface area contributed by atoms with Crippen LogP contribution in [0.25, 0.3) is 11.8 Å². The van der Waals surface area contributed by atoms with Crippen LogP contribution in [0.15, 0.2) is 69.6 Å². The molecule has 0 spiro atoms. The Morgan fingerprint density at radius 1 is 1.00 bits per heavy atom. The number of rotatable bonds is 5. The molecule has 4 aromatic rings. The molecule has 1 unspecified atom stereocenters. The Balaban J connectivity index is 1.68. The van der Waals surface area contributed by atoms with Gasteiger partial charge in [0, 0.05) is 17.1 Å². The largest absolute Gasteiger partial charge is 0.463 e. The molecule has 2 aromatic carbocycles. The van der Waals surface area contributed by atoms with Crippen LogP contribution >= 0.6 is 11.3 Å². The molecular weight excluding hydrogens is 506 g/mol. The molecule has 39 heavy (non-hydrogen) atoms. The minimum atomic E-state index is -0.606. The number of ether oxygens (including phenoxy) is 1. The number of aryl methyl sites for hydroxylation is 4. The van der Waals surface area contributed by atoms with Crippen LogP contribution in [-0.2, 0) is 9.53 Å². The third kappa shape index (κ3) is 4.72. The van der Waals surface area contributed by atoms with Gasteiger partial charge in [0.1, 0.15) is 0 Å². The molecule has 0 fully saturated rings. The zero-order chi connectivity index (χ0) is 28.0. The third-order valence-electron chi connectivity index (χ3n) is 7.42. The number of aromatic nitrogens is 2. The smallest absolute Gasteiger partial charge is 0.338 e. The van der Waals surface area contributed by atoms with Crippen molar-refractivity contribution in [1.29, 1.82) is 0 Å². The Morgan fingerprint density at radius 3 is 2.38 bits per heavy atom. The molecular formula is C32H33N3O3S. The van der Waals surface area contributed by atoms with Gasteiger partial charge in [-0.1, -0.05) is 47.2 Å². The van der Waals surface area contributed by atoms with E-state index in [0.717, 1.165) is 33.8 Å². The monoisotopic (exact) mass is 539 g/mol. The fourth-order valence-electron chi connectivity index (χ4n) is 5.19. The second kappa shape index (κ2) is 10.3. The van der Waals surface area contributed by atoms with Gasteiger partial charge in [0.25, 0.3) is 5.56 Å². The zero-order valence-corrected chi connectivity index (χ0v) is 24.3. The predicted molar refractivity (Wildman–Crippen MR) is 156 cm³/mol. The number of hydrogen-bond acceptors (Lipinski definition) is 5. The summed E-state index contributed by atoms with van der Waals surface area (Å²) in [6.45, 7) is 14.2. The van der Waals surface area contributed by atoms with Crippen molar-refractivity contribution in [1.82, 2.24) is 9.13 Å². The minimum absolute atomic E-state index is 0.172. The van der Waals surface area contributed by atoms with Crippen molar-refractivity contribution in [2.75, 3.05) is 6.61 Å². The van der Waals surface area contributed by atoms with E-state index < -0.39 is 12.0 Å². The van der Waals surface area contributed by atoms with Gasteiger partial charge in [0.05, 0.1) is 28.5 Å². The first-order valence-electron chi connectivity index (χ1n) is 13.1. The van der Waals surface area contributed by atoms with Crippen molar-refractivity contribution >= 4 is 23.4 Å². The molecule has 5 rings (SSSR count). The first kappa shape index (κ1) is 26.6. The second-order valence-electron chi connectivity index (χ2n) is 10.1. The molecule has 0 bridgehead atoms. The summed E-state index contributed by atoms with van der Waals surface area (Å²) >= 11 is 1.35. The number of allylic oxidation sites excluding steroid dienone is 1. The molecule has 6 nitrogen and oxygen atoms in total. The molecule has 0 saturated carbocycles. The second-order valence-corrected chi connectivity index (χ2v) is 11.2. The molecule has 0 N–H and O–H groups in total. The number of esters is 1. The number of thiazole rings is 1. The molecule has 1 aliphatic rings. The van der Waals surface area contributed by atoms with Gasteiger partial charge in [-0.05, 0) is 95.0 Å². The SMILES string of the molecule is CCOC(=O)C1=C(C)N=c2s/c(=C\c3cc(C)n(-c4ccc(C)c(C)c4)c3C)c(=O)n2C1c1ccc(C)cc1. The standard InChI is InChI=1S/C32H33N3O3S/c1-8-38-31(37)28-22(6)33-32-35(29(28)24-12-9-18(2)10-13-24)30(36)27(39-32)17-25-16-21(5)34(23(25)7)26-14-11-19(3)20(4)15-26/h9-17,29H,8H2,1-7H3/b27-17-.